The van der Waals surface area contributed by atoms with Crippen molar-refractivity contribution in [2.45, 2.75) is 26.2 Å². The first-order valence-corrected chi connectivity index (χ1v) is 12.0. The molecule has 1 aliphatic carbocycles. The second-order valence-electron chi connectivity index (χ2n) is 8.57. The van der Waals surface area contributed by atoms with Crippen molar-refractivity contribution in [1.82, 2.24) is 0 Å². The van der Waals surface area contributed by atoms with Crippen LogP contribution in [0.15, 0.2) is 108 Å². The van der Waals surface area contributed by atoms with E-state index in [2.05, 4.69) is 12.2 Å². The Morgan fingerprint density at radius 2 is 1.53 bits per heavy atom. The first-order chi connectivity index (χ1) is 17.5. The Morgan fingerprint density at radius 1 is 0.917 bits per heavy atom. The number of anilines is 3. The van der Waals surface area contributed by atoms with E-state index in [0.717, 1.165) is 24.1 Å². The normalized spacial score (nSPS) is 13.2. The number of nitrogens with zero attached hydrogens (tertiary/aromatic N) is 2. The summed E-state index contributed by atoms with van der Waals surface area (Å²) in [7, 11) is 1.69. The van der Waals surface area contributed by atoms with Gasteiger partial charge in [0.2, 0.25) is 6.41 Å². The lowest BCUT2D eigenvalue weighted by Gasteiger charge is -2.30. The second-order valence-corrected chi connectivity index (χ2v) is 8.57. The van der Waals surface area contributed by atoms with Gasteiger partial charge in [-0.15, -0.1) is 0 Å². The second kappa shape index (κ2) is 11.3. The molecule has 2 amide bonds. The van der Waals surface area contributed by atoms with Crippen LogP contribution in [0.2, 0.25) is 0 Å². The van der Waals surface area contributed by atoms with Crippen molar-refractivity contribution < 1.29 is 14.4 Å². The molecule has 0 radical (unpaired) electrons. The summed E-state index contributed by atoms with van der Waals surface area (Å²) in [5, 5.41) is 3.35. The lowest BCUT2D eigenvalue weighted by molar-refractivity contribution is -0.114. The van der Waals surface area contributed by atoms with Gasteiger partial charge in [0.15, 0.2) is 5.78 Å². The quantitative estimate of drug-likeness (QED) is 0.412. The number of likely N-dealkylation sites (N-methyl/N-ethyl adjacent to an activating group) is 1. The zero-order chi connectivity index (χ0) is 25.5. The van der Waals surface area contributed by atoms with Crippen molar-refractivity contribution in [1.29, 1.82) is 0 Å². The maximum absolute atomic E-state index is 14.0. The Balaban J connectivity index is 1.86. The highest BCUT2D eigenvalue weighted by atomic mass is 16.2. The van der Waals surface area contributed by atoms with Gasteiger partial charge in [-0.2, -0.15) is 0 Å². The van der Waals surface area contributed by atoms with Gasteiger partial charge in [0.05, 0.1) is 17.7 Å². The largest absolute Gasteiger partial charge is 0.354 e. The Bertz CT molecular complexity index is 1310. The van der Waals surface area contributed by atoms with E-state index in [4.69, 9.17) is 0 Å². The van der Waals surface area contributed by atoms with Crippen LogP contribution in [0, 0.1) is 0 Å². The van der Waals surface area contributed by atoms with Crippen molar-refractivity contribution in [2.75, 3.05) is 22.2 Å². The van der Waals surface area contributed by atoms with Crippen LogP contribution >= 0.6 is 0 Å². The van der Waals surface area contributed by atoms with Gasteiger partial charge in [-0.3, -0.25) is 19.3 Å². The highest BCUT2D eigenvalue weighted by Crippen LogP contribution is 2.33. The minimum atomic E-state index is -0.321. The monoisotopic (exact) mass is 479 g/mol. The number of aryl methyl sites for hydroxylation is 1. The summed E-state index contributed by atoms with van der Waals surface area (Å²) in [6.07, 6.45) is 3.85. The predicted octanol–water partition coefficient (Wildman–Crippen LogP) is 5.49. The number of hydrogen-bond donors (Lipinski definition) is 1. The minimum Gasteiger partial charge on any atom is -0.354 e. The molecule has 0 saturated heterocycles. The SMILES string of the molecule is CCCc1ccccc1NC1=CC(=O)CC(N(C=O)c2ccccc2)=C1C(=O)N(C)c1ccccc1. The molecule has 36 heavy (non-hydrogen) atoms. The first-order valence-electron chi connectivity index (χ1n) is 12.0. The van der Waals surface area contributed by atoms with E-state index in [9.17, 15) is 14.4 Å². The third kappa shape index (κ3) is 5.28. The Labute approximate surface area is 211 Å². The molecule has 0 aromatic heterocycles. The molecule has 1 aliphatic rings. The molecule has 6 heteroatoms. The summed E-state index contributed by atoms with van der Waals surface area (Å²) in [4.78, 5) is 42.2. The molecular weight excluding hydrogens is 450 g/mol. The smallest absolute Gasteiger partial charge is 0.261 e. The maximum Gasteiger partial charge on any atom is 0.261 e. The number of para-hydroxylation sites is 3. The zero-order valence-electron chi connectivity index (χ0n) is 20.5. The number of ketones is 1. The molecule has 0 atom stereocenters. The van der Waals surface area contributed by atoms with E-state index in [1.165, 1.54) is 15.9 Å². The van der Waals surface area contributed by atoms with Gasteiger partial charge >= 0.3 is 0 Å². The number of carbonyl (C=O) groups excluding carboxylic acids is 3. The van der Waals surface area contributed by atoms with Crippen molar-refractivity contribution in [3.63, 3.8) is 0 Å². The Hall–Kier alpha value is -4.45. The van der Waals surface area contributed by atoms with Crippen LogP contribution in [-0.2, 0) is 20.8 Å². The number of carbonyl (C=O) groups is 3. The number of hydrogen-bond acceptors (Lipinski definition) is 4. The molecule has 0 heterocycles. The first kappa shape index (κ1) is 24.7. The van der Waals surface area contributed by atoms with Crippen molar-refractivity contribution in [3.8, 4) is 0 Å². The van der Waals surface area contributed by atoms with E-state index in [-0.39, 0.29) is 23.7 Å². The van der Waals surface area contributed by atoms with Gasteiger partial charge in [0, 0.05) is 35.9 Å². The number of allylic oxidation sites excluding steroid dienone is 2. The fourth-order valence-electron chi connectivity index (χ4n) is 4.32. The predicted molar refractivity (Wildman–Crippen MR) is 144 cm³/mol. The Morgan fingerprint density at radius 3 is 2.17 bits per heavy atom. The Kier molecular flexibility index (Phi) is 7.75. The van der Waals surface area contributed by atoms with E-state index in [0.29, 0.717) is 29.2 Å². The average molecular weight is 480 g/mol. The van der Waals surface area contributed by atoms with Crippen molar-refractivity contribution >= 4 is 35.2 Å². The zero-order valence-corrected chi connectivity index (χ0v) is 20.5. The summed E-state index contributed by atoms with van der Waals surface area (Å²) < 4.78 is 0. The van der Waals surface area contributed by atoms with E-state index < -0.39 is 0 Å². The fraction of sp³-hybridized carbons (Fsp3) is 0.167. The minimum absolute atomic E-state index is 0.0703. The molecular formula is C30H29N3O3. The van der Waals surface area contributed by atoms with Gasteiger partial charge in [-0.1, -0.05) is 67.9 Å². The van der Waals surface area contributed by atoms with Crippen LogP contribution in [0.25, 0.3) is 0 Å². The summed E-state index contributed by atoms with van der Waals surface area (Å²) in [6.45, 7) is 2.10. The third-order valence-corrected chi connectivity index (χ3v) is 6.10. The molecule has 0 spiro atoms. The highest BCUT2D eigenvalue weighted by Gasteiger charge is 2.32. The van der Waals surface area contributed by atoms with Crippen molar-refractivity contribution in [3.05, 3.63) is 114 Å². The summed E-state index contributed by atoms with van der Waals surface area (Å²) in [6, 6.07) is 26.1. The van der Waals surface area contributed by atoms with Gasteiger partial charge < -0.3 is 10.2 Å². The highest BCUT2D eigenvalue weighted by molar-refractivity contribution is 6.14. The average Bonchev–Trinajstić information content (AvgIpc) is 2.90. The molecule has 0 saturated carbocycles. The summed E-state index contributed by atoms with van der Waals surface area (Å²) >= 11 is 0. The molecule has 1 N–H and O–H groups in total. The van der Waals surface area contributed by atoms with Gasteiger partial charge in [0.25, 0.3) is 5.91 Å². The standard InChI is InChI=1S/C30H29N3O3/c1-3-12-22-13-10-11-18-26(22)31-27-19-25(35)20-28(33(21-34)24-16-8-5-9-17-24)29(27)30(36)32(2)23-14-6-4-7-15-23/h4-11,13-19,21,31H,3,12,20H2,1-2H3. The lowest BCUT2D eigenvalue weighted by atomic mass is 9.95. The van der Waals surface area contributed by atoms with E-state index in [1.54, 1.807) is 19.2 Å². The van der Waals surface area contributed by atoms with Crippen LogP contribution in [0.4, 0.5) is 17.1 Å². The van der Waals surface area contributed by atoms with Crippen molar-refractivity contribution in [2.24, 2.45) is 0 Å². The van der Waals surface area contributed by atoms with Crippen LogP contribution in [0.3, 0.4) is 0 Å². The van der Waals surface area contributed by atoms with Gasteiger partial charge in [-0.05, 0) is 42.3 Å². The van der Waals surface area contributed by atoms with Crippen LogP contribution in [-0.4, -0.2) is 25.1 Å². The molecule has 0 bridgehead atoms. The van der Waals surface area contributed by atoms with Gasteiger partial charge in [-0.25, -0.2) is 0 Å². The molecule has 3 aromatic rings. The molecule has 0 aliphatic heterocycles. The van der Waals surface area contributed by atoms with Crippen LogP contribution < -0.4 is 15.1 Å². The van der Waals surface area contributed by atoms with E-state index >= 15 is 0 Å². The summed E-state index contributed by atoms with van der Waals surface area (Å²) in [5.74, 6) is -0.514. The summed E-state index contributed by atoms with van der Waals surface area (Å²) in [5.41, 5.74) is 4.18. The molecule has 3 aromatic carbocycles. The third-order valence-electron chi connectivity index (χ3n) is 6.10. The molecule has 6 nitrogen and oxygen atoms in total. The van der Waals surface area contributed by atoms with E-state index in [1.807, 2.05) is 72.8 Å². The molecule has 0 fully saturated rings. The van der Waals surface area contributed by atoms with Crippen LogP contribution in [0.1, 0.15) is 25.3 Å². The number of rotatable bonds is 9. The topological polar surface area (TPSA) is 69.7 Å². The lowest BCUT2D eigenvalue weighted by Crippen LogP contribution is -2.36. The molecule has 182 valence electrons. The van der Waals surface area contributed by atoms with Crippen LogP contribution in [0.5, 0.6) is 0 Å². The fourth-order valence-corrected chi connectivity index (χ4v) is 4.32. The molecule has 0 unspecified atom stereocenters. The van der Waals surface area contributed by atoms with Gasteiger partial charge in [0.1, 0.15) is 0 Å². The number of nitrogens with one attached hydrogen (secondary N) is 1. The molecule has 4 rings (SSSR count). The number of amides is 2. The number of benzene rings is 3. The maximum atomic E-state index is 14.0.